The molecule has 82 valence electrons. The third-order valence-corrected chi connectivity index (χ3v) is 7.13. The summed E-state index contributed by atoms with van der Waals surface area (Å²) in [6.07, 6.45) is 0. The highest BCUT2D eigenvalue weighted by Crippen LogP contribution is 2.17. The van der Waals surface area contributed by atoms with E-state index in [1.54, 1.807) is 0 Å². The molecule has 0 aliphatic rings. The number of carbonyl (C=O) groups excluding carboxylic acids is 1. The molecule has 15 heavy (non-hydrogen) atoms. The predicted octanol–water partition coefficient (Wildman–Crippen LogP) is 2.44. The second kappa shape index (κ2) is 5.12. The van der Waals surface area contributed by atoms with Crippen LogP contribution in [0.2, 0.25) is 12.1 Å². The molecular formula is C12H18O2Si. The van der Waals surface area contributed by atoms with Gasteiger partial charge in [-0.05, 0) is 17.3 Å². The smallest absolute Gasteiger partial charge is 0.289 e. The third-order valence-electron chi connectivity index (χ3n) is 2.78. The molecule has 0 fully saturated rings. The van der Waals surface area contributed by atoms with E-state index < -0.39 is 8.32 Å². The lowest BCUT2D eigenvalue weighted by Gasteiger charge is -2.28. The molecule has 0 spiro atoms. The van der Waals surface area contributed by atoms with Crippen LogP contribution in [0.4, 0.5) is 0 Å². The largest absolute Gasteiger partial charge is 0.515 e. The van der Waals surface area contributed by atoms with Crippen LogP contribution in [0.15, 0.2) is 30.3 Å². The molecule has 2 nitrogen and oxygen atoms in total. The number of rotatable bonds is 4. The normalized spacial score (nSPS) is 11.1. The maximum Gasteiger partial charge on any atom is 0.289 e. The van der Waals surface area contributed by atoms with Crippen molar-refractivity contribution in [2.24, 2.45) is 0 Å². The van der Waals surface area contributed by atoms with E-state index in [1.807, 2.05) is 18.2 Å². The van der Waals surface area contributed by atoms with Crippen molar-refractivity contribution in [3.05, 3.63) is 30.3 Å². The molecule has 3 heteroatoms. The van der Waals surface area contributed by atoms with Crippen molar-refractivity contribution in [3.63, 3.8) is 0 Å². The van der Waals surface area contributed by atoms with E-state index >= 15 is 0 Å². The van der Waals surface area contributed by atoms with Gasteiger partial charge in [0.25, 0.3) is 14.3 Å². The van der Waals surface area contributed by atoms with Crippen LogP contribution in [0, 0.1) is 0 Å². The lowest BCUT2D eigenvalue weighted by molar-refractivity contribution is -0.132. The molecule has 1 rings (SSSR count). The molecule has 0 heterocycles. The summed E-state index contributed by atoms with van der Waals surface area (Å²) in [7, 11) is -2.03. The Labute approximate surface area is 92.4 Å². The highest BCUT2D eigenvalue weighted by Gasteiger charge is 2.36. The van der Waals surface area contributed by atoms with Crippen molar-refractivity contribution in [2.45, 2.75) is 32.9 Å². The van der Waals surface area contributed by atoms with E-state index in [9.17, 15) is 4.79 Å². The third kappa shape index (κ3) is 2.69. The lowest BCUT2D eigenvalue weighted by atomic mass is 10.4. The van der Waals surface area contributed by atoms with Crippen molar-refractivity contribution >= 4 is 19.5 Å². The fourth-order valence-electron chi connectivity index (χ4n) is 1.88. The van der Waals surface area contributed by atoms with Crippen molar-refractivity contribution in [3.8, 4) is 0 Å². The van der Waals surface area contributed by atoms with Gasteiger partial charge in [-0.25, -0.2) is 0 Å². The van der Waals surface area contributed by atoms with E-state index in [1.165, 1.54) is 12.1 Å². The van der Waals surface area contributed by atoms with E-state index in [0.717, 1.165) is 12.1 Å². The summed E-state index contributed by atoms with van der Waals surface area (Å²) in [6.45, 7) is 5.70. The van der Waals surface area contributed by atoms with Gasteiger partial charge in [-0.3, -0.25) is 4.79 Å². The second-order valence-corrected chi connectivity index (χ2v) is 7.85. The Kier molecular flexibility index (Phi) is 4.09. The van der Waals surface area contributed by atoms with Crippen LogP contribution in [-0.2, 0) is 9.22 Å². The Morgan fingerprint density at radius 1 is 1.20 bits per heavy atom. The number of carbonyl (C=O) groups is 1. The minimum Gasteiger partial charge on any atom is -0.515 e. The van der Waals surface area contributed by atoms with Crippen molar-refractivity contribution in [1.29, 1.82) is 0 Å². The highest BCUT2D eigenvalue weighted by molar-refractivity contribution is 6.87. The number of hydrogen-bond donors (Lipinski definition) is 0. The van der Waals surface area contributed by atoms with Gasteiger partial charge in [0.15, 0.2) is 0 Å². The SMILES string of the molecule is CC[Si](CC)(OC(C)=O)c1ccccc1. The molecule has 0 atom stereocenters. The quantitative estimate of drug-likeness (QED) is 0.731. The Balaban J connectivity index is 3.05. The van der Waals surface area contributed by atoms with Crippen LogP contribution in [0.1, 0.15) is 20.8 Å². The van der Waals surface area contributed by atoms with Crippen molar-refractivity contribution in [2.75, 3.05) is 0 Å². The Morgan fingerprint density at radius 3 is 2.13 bits per heavy atom. The summed E-state index contributed by atoms with van der Waals surface area (Å²) < 4.78 is 5.62. The second-order valence-electron chi connectivity index (χ2n) is 3.66. The average molecular weight is 222 g/mol. The molecule has 0 unspecified atom stereocenters. The van der Waals surface area contributed by atoms with Crippen LogP contribution in [0.25, 0.3) is 0 Å². The molecule has 1 aromatic carbocycles. The van der Waals surface area contributed by atoms with Gasteiger partial charge in [0.05, 0.1) is 0 Å². The molecule has 0 bridgehead atoms. The zero-order valence-corrected chi connectivity index (χ0v) is 10.6. The molecule has 0 saturated carbocycles. The summed E-state index contributed by atoms with van der Waals surface area (Å²) in [6, 6.07) is 12.0. The lowest BCUT2D eigenvalue weighted by Crippen LogP contribution is -2.50. The van der Waals surface area contributed by atoms with E-state index in [2.05, 4.69) is 26.0 Å². The molecule has 0 aromatic heterocycles. The standard InChI is InChI=1S/C12H18O2Si/c1-4-15(5-2,14-11(3)13)12-9-7-6-8-10-12/h6-10H,4-5H2,1-3H3. The fourth-order valence-corrected chi connectivity index (χ4v) is 4.95. The predicted molar refractivity (Wildman–Crippen MR) is 64.6 cm³/mol. The first-order chi connectivity index (χ1) is 7.14. The van der Waals surface area contributed by atoms with Gasteiger partial charge >= 0.3 is 0 Å². The van der Waals surface area contributed by atoms with E-state index in [4.69, 9.17) is 4.43 Å². The van der Waals surface area contributed by atoms with Gasteiger partial charge in [-0.2, -0.15) is 0 Å². The average Bonchev–Trinajstić information content (AvgIpc) is 2.27. The summed E-state index contributed by atoms with van der Waals surface area (Å²) in [4.78, 5) is 11.2. The first-order valence-corrected chi connectivity index (χ1v) is 7.72. The maximum absolute atomic E-state index is 11.2. The monoisotopic (exact) mass is 222 g/mol. The molecular weight excluding hydrogens is 204 g/mol. The summed E-state index contributed by atoms with van der Waals surface area (Å²) in [5.74, 6) is -0.158. The molecule has 0 amide bonds. The molecule has 0 radical (unpaired) electrons. The Bertz CT molecular complexity index is 318. The highest BCUT2D eigenvalue weighted by atomic mass is 28.4. The van der Waals surface area contributed by atoms with Gasteiger partial charge in [0.1, 0.15) is 0 Å². The minimum atomic E-state index is -2.03. The molecule has 0 saturated heterocycles. The maximum atomic E-state index is 11.2. The zero-order valence-electron chi connectivity index (χ0n) is 9.62. The van der Waals surface area contributed by atoms with Gasteiger partial charge < -0.3 is 4.43 Å². The molecule has 1 aromatic rings. The van der Waals surface area contributed by atoms with Crippen molar-refractivity contribution in [1.82, 2.24) is 0 Å². The Hall–Kier alpha value is -1.09. The molecule has 0 N–H and O–H groups in total. The minimum absolute atomic E-state index is 0.158. The number of benzene rings is 1. The van der Waals surface area contributed by atoms with Crippen LogP contribution in [-0.4, -0.2) is 14.3 Å². The van der Waals surface area contributed by atoms with E-state index in [-0.39, 0.29) is 5.97 Å². The van der Waals surface area contributed by atoms with Crippen LogP contribution >= 0.6 is 0 Å². The molecule has 0 aliphatic carbocycles. The topological polar surface area (TPSA) is 26.3 Å². The van der Waals surface area contributed by atoms with Gasteiger partial charge in [0, 0.05) is 6.92 Å². The number of hydrogen-bond acceptors (Lipinski definition) is 2. The van der Waals surface area contributed by atoms with Crippen molar-refractivity contribution < 1.29 is 9.22 Å². The van der Waals surface area contributed by atoms with Gasteiger partial charge in [0.2, 0.25) is 0 Å². The first-order valence-electron chi connectivity index (χ1n) is 5.39. The fraction of sp³-hybridized carbons (Fsp3) is 0.417. The van der Waals surface area contributed by atoms with Crippen LogP contribution < -0.4 is 5.19 Å². The van der Waals surface area contributed by atoms with Gasteiger partial charge in [-0.1, -0.05) is 44.2 Å². The molecule has 0 aliphatic heterocycles. The van der Waals surface area contributed by atoms with E-state index in [0.29, 0.717) is 0 Å². The first kappa shape index (κ1) is 12.0. The Morgan fingerprint density at radius 2 is 1.73 bits per heavy atom. The van der Waals surface area contributed by atoms with Gasteiger partial charge in [-0.15, -0.1) is 0 Å². The van der Waals surface area contributed by atoms with Crippen LogP contribution in [0.5, 0.6) is 0 Å². The summed E-state index contributed by atoms with van der Waals surface area (Å²) in [5.41, 5.74) is 0. The summed E-state index contributed by atoms with van der Waals surface area (Å²) >= 11 is 0. The summed E-state index contributed by atoms with van der Waals surface area (Å²) in [5, 5.41) is 1.21. The zero-order chi connectivity index (χ0) is 11.3. The van der Waals surface area contributed by atoms with Crippen LogP contribution in [0.3, 0.4) is 0 Å².